The largest absolute Gasteiger partial charge is 0.506 e. The Morgan fingerprint density at radius 2 is 2.15 bits per heavy atom. The van der Waals surface area contributed by atoms with Crippen LogP contribution in [0, 0.1) is 6.20 Å². The molecule has 0 amide bonds. The molecule has 6 heteroatoms. The predicted molar refractivity (Wildman–Crippen MR) is 37.5 cm³/mol. The van der Waals surface area contributed by atoms with Gasteiger partial charge in [-0.3, -0.25) is 4.98 Å². The number of alkyl halides is 3. The monoisotopic (exact) mass is 186 g/mol. The molecule has 0 spiro atoms. The van der Waals surface area contributed by atoms with E-state index in [9.17, 15) is 13.2 Å². The Morgan fingerprint density at radius 3 is 2.62 bits per heavy atom. The van der Waals surface area contributed by atoms with Gasteiger partial charge in [-0.25, -0.2) is 0 Å². The van der Waals surface area contributed by atoms with Gasteiger partial charge in [-0.2, -0.15) is 0 Å². The second-order valence-corrected chi connectivity index (χ2v) is 2.37. The lowest BCUT2D eigenvalue weighted by Crippen LogP contribution is -2.25. The van der Waals surface area contributed by atoms with Crippen molar-refractivity contribution in [3.8, 4) is 0 Å². The number of pyridine rings is 1. The van der Waals surface area contributed by atoms with Crippen LogP contribution in [0.4, 0.5) is 13.2 Å². The summed E-state index contributed by atoms with van der Waals surface area (Å²) < 4.78 is 35.9. The first-order valence-corrected chi connectivity index (χ1v) is 3.37. The average Bonchev–Trinajstić information content (AvgIpc) is 2.83. The molecule has 1 radical (unpaired) electrons. The Morgan fingerprint density at radius 1 is 1.38 bits per heavy atom. The minimum atomic E-state index is -4.43. The summed E-state index contributed by atoms with van der Waals surface area (Å²) in [5.41, 5.74) is 0.250. The Balaban J connectivity index is 2.13. The van der Waals surface area contributed by atoms with Crippen molar-refractivity contribution in [3.05, 3.63) is 30.1 Å². The van der Waals surface area contributed by atoms with Crippen molar-refractivity contribution in [3.63, 3.8) is 0 Å². The highest BCUT2D eigenvalue weighted by Crippen LogP contribution is 2.31. The quantitative estimate of drug-likeness (QED) is 0.620. The molecule has 1 aliphatic rings. The zero-order valence-corrected chi connectivity index (χ0v) is 6.21. The lowest BCUT2D eigenvalue weighted by molar-refractivity contribution is -0.201. The van der Waals surface area contributed by atoms with E-state index in [0.717, 1.165) is 0 Å². The molecule has 67 valence electrons. The number of rotatable bonds is 1. The van der Waals surface area contributed by atoms with E-state index in [4.69, 9.17) is 0 Å². The summed E-state index contributed by atoms with van der Waals surface area (Å²) in [5, 5.41) is 3.14. The van der Waals surface area contributed by atoms with E-state index in [0.29, 0.717) is 0 Å². The summed E-state index contributed by atoms with van der Waals surface area (Å²) in [6, 6.07) is 3.00. The summed E-state index contributed by atoms with van der Waals surface area (Å²) in [4.78, 5) is 3.56. The maximum absolute atomic E-state index is 12.0. The summed E-state index contributed by atoms with van der Waals surface area (Å²) in [6.45, 7) is 0. The maximum atomic E-state index is 12.0. The molecular weight excluding hydrogens is 183 g/mol. The van der Waals surface area contributed by atoms with Crippen LogP contribution in [0.3, 0.4) is 0 Å². The highest BCUT2D eigenvalue weighted by Gasteiger charge is 2.48. The van der Waals surface area contributed by atoms with Gasteiger partial charge in [0.05, 0.1) is 0 Å². The summed E-state index contributed by atoms with van der Waals surface area (Å²) >= 11 is 0. The summed E-state index contributed by atoms with van der Waals surface area (Å²) in [5.74, 6) is -0.138. The third-order valence-electron chi connectivity index (χ3n) is 1.45. The van der Waals surface area contributed by atoms with Crippen molar-refractivity contribution in [2.75, 3.05) is 0 Å². The van der Waals surface area contributed by atoms with Crippen LogP contribution in [0.25, 0.3) is 0 Å². The van der Waals surface area contributed by atoms with Crippen molar-refractivity contribution < 1.29 is 13.2 Å². The SMILES string of the molecule is FC(F)(F)N1N=C1c1[c]nccc1. The van der Waals surface area contributed by atoms with Crippen LogP contribution >= 0.6 is 0 Å². The third-order valence-corrected chi connectivity index (χ3v) is 1.45. The molecule has 0 atom stereocenters. The molecule has 2 rings (SSSR count). The Hall–Kier alpha value is -1.59. The van der Waals surface area contributed by atoms with Gasteiger partial charge in [-0.1, -0.05) is 0 Å². The summed E-state index contributed by atoms with van der Waals surface area (Å²) in [7, 11) is 0. The van der Waals surface area contributed by atoms with Crippen LogP contribution in [0.2, 0.25) is 0 Å². The normalized spacial score (nSPS) is 15.6. The molecule has 0 saturated carbocycles. The molecule has 3 nitrogen and oxygen atoms in total. The molecule has 1 aliphatic heterocycles. The molecule has 0 aliphatic carbocycles. The predicted octanol–water partition coefficient (Wildman–Crippen LogP) is 1.38. The fourth-order valence-electron chi connectivity index (χ4n) is 0.868. The van der Waals surface area contributed by atoms with Crippen molar-refractivity contribution in [2.45, 2.75) is 6.30 Å². The first-order chi connectivity index (χ1) is 6.09. The smallest absolute Gasteiger partial charge is 0.254 e. The molecule has 0 aromatic carbocycles. The second-order valence-electron chi connectivity index (χ2n) is 2.37. The third kappa shape index (κ3) is 1.47. The second kappa shape index (κ2) is 2.45. The molecule has 0 fully saturated rings. The fourth-order valence-corrected chi connectivity index (χ4v) is 0.868. The van der Waals surface area contributed by atoms with E-state index < -0.39 is 6.30 Å². The van der Waals surface area contributed by atoms with Crippen LogP contribution < -0.4 is 0 Å². The van der Waals surface area contributed by atoms with E-state index in [2.05, 4.69) is 16.3 Å². The lowest BCUT2D eigenvalue weighted by atomic mass is 10.3. The fraction of sp³-hybridized carbons (Fsp3) is 0.143. The highest BCUT2D eigenvalue weighted by atomic mass is 19.4. The van der Waals surface area contributed by atoms with E-state index in [1.54, 1.807) is 0 Å². The zero-order valence-electron chi connectivity index (χ0n) is 6.21. The van der Waals surface area contributed by atoms with Crippen LogP contribution in [-0.2, 0) is 0 Å². The number of aromatic nitrogens is 1. The topological polar surface area (TPSA) is 28.3 Å². The van der Waals surface area contributed by atoms with Crippen molar-refractivity contribution in [2.24, 2.45) is 5.10 Å². The van der Waals surface area contributed by atoms with Crippen molar-refractivity contribution in [1.29, 1.82) is 0 Å². The molecule has 0 bridgehead atoms. The number of hydrogen-bond acceptors (Lipinski definition) is 3. The van der Waals surface area contributed by atoms with Gasteiger partial charge in [0.1, 0.15) is 6.20 Å². The molecule has 2 heterocycles. The number of hydrazone groups is 1. The molecule has 1 aromatic heterocycles. The number of nitrogens with zero attached hydrogens (tertiary/aromatic N) is 3. The minimum Gasteiger partial charge on any atom is -0.254 e. The van der Waals surface area contributed by atoms with Crippen LogP contribution in [0.1, 0.15) is 5.56 Å². The number of amidine groups is 1. The molecule has 0 unspecified atom stereocenters. The highest BCUT2D eigenvalue weighted by molar-refractivity contribution is 6.05. The minimum absolute atomic E-state index is 0.0134. The van der Waals surface area contributed by atoms with E-state index in [1.807, 2.05) is 0 Å². The standard InChI is InChI=1S/C7H3F3N3/c8-7(9,10)13-6(12-13)5-2-1-3-11-4-5/h1-3H. The van der Waals surface area contributed by atoms with Gasteiger partial charge < -0.3 is 0 Å². The van der Waals surface area contributed by atoms with Crippen LogP contribution in [0.15, 0.2) is 23.4 Å². The van der Waals surface area contributed by atoms with Gasteiger partial charge >= 0.3 is 6.30 Å². The van der Waals surface area contributed by atoms with Crippen molar-refractivity contribution >= 4 is 5.84 Å². The van der Waals surface area contributed by atoms with E-state index in [1.165, 1.54) is 18.3 Å². The number of halogens is 3. The Kier molecular flexibility index (Phi) is 1.51. The van der Waals surface area contributed by atoms with E-state index in [-0.39, 0.29) is 16.4 Å². The molecule has 0 N–H and O–H groups in total. The summed E-state index contributed by atoms with van der Waals surface area (Å²) in [6.07, 6.45) is -0.587. The zero-order chi connectivity index (χ0) is 9.47. The molecule has 1 aromatic rings. The number of hydrogen-bond donors (Lipinski definition) is 0. The van der Waals surface area contributed by atoms with Crippen LogP contribution in [-0.4, -0.2) is 22.1 Å². The Bertz CT molecular complexity index is 344. The van der Waals surface area contributed by atoms with Crippen LogP contribution in [0.5, 0.6) is 0 Å². The van der Waals surface area contributed by atoms with Crippen molar-refractivity contribution in [1.82, 2.24) is 9.99 Å². The molecule has 0 saturated heterocycles. The lowest BCUT2D eigenvalue weighted by Gasteiger charge is -2.04. The van der Waals surface area contributed by atoms with Gasteiger partial charge in [-0.15, -0.1) is 23.3 Å². The Labute approximate surface area is 71.5 Å². The van der Waals surface area contributed by atoms with Gasteiger partial charge in [0, 0.05) is 11.8 Å². The van der Waals surface area contributed by atoms with Gasteiger partial charge in [0.2, 0.25) is 0 Å². The van der Waals surface area contributed by atoms with Gasteiger partial charge in [0.15, 0.2) is 5.84 Å². The van der Waals surface area contributed by atoms with Gasteiger partial charge in [-0.05, 0) is 12.1 Å². The van der Waals surface area contributed by atoms with E-state index >= 15 is 0 Å². The molecular formula is C7H3F3N3. The maximum Gasteiger partial charge on any atom is 0.506 e. The average molecular weight is 186 g/mol. The van der Waals surface area contributed by atoms with Gasteiger partial charge in [0.25, 0.3) is 0 Å². The first kappa shape index (κ1) is 8.03. The molecule has 13 heavy (non-hydrogen) atoms. The first-order valence-electron chi connectivity index (χ1n) is 3.37.